The van der Waals surface area contributed by atoms with Crippen molar-refractivity contribution in [2.75, 3.05) is 20.7 Å². The number of hydrogen-bond acceptors (Lipinski definition) is 3. The third-order valence-corrected chi connectivity index (χ3v) is 3.37. The van der Waals surface area contributed by atoms with Gasteiger partial charge >= 0.3 is 0 Å². The summed E-state index contributed by atoms with van der Waals surface area (Å²) in [4.78, 5) is 11.7. The van der Waals surface area contributed by atoms with E-state index in [1.807, 2.05) is 20.8 Å². The lowest BCUT2D eigenvalue weighted by Crippen LogP contribution is -2.42. The van der Waals surface area contributed by atoms with E-state index in [1.54, 1.807) is 19.2 Å². The third kappa shape index (κ3) is 3.93. The minimum atomic E-state index is -0.550. The van der Waals surface area contributed by atoms with Gasteiger partial charge < -0.3 is 15.4 Å². The van der Waals surface area contributed by atoms with Crippen LogP contribution in [0.2, 0.25) is 0 Å². The largest absolute Gasteiger partial charge is 0.497 e. The van der Waals surface area contributed by atoms with Gasteiger partial charge in [-0.3, -0.25) is 4.79 Å². The molecule has 0 saturated carbocycles. The van der Waals surface area contributed by atoms with Crippen LogP contribution in [0.1, 0.15) is 32.4 Å². The number of methoxy groups -OCH3 is 1. The fourth-order valence-electron chi connectivity index (χ4n) is 1.92. The maximum atomic E-state index is 13.9. The number of amides is 1. The Morgan fingerprint density at radius 2 is 2.10 bits per heavy atom. The van der Waals surface area contributed by atoms with E-state index in [4.69, 9.17) is 4.74 Å². The standard InChI is InChI=1S/C15H23FN2O2/c1-10(18-9-15(2,3)14(19)17-4)12-7-6-11(20-5)8-13(12)16/h6-8,10,18H,9H2,1-5H3,(H,17,19)/t10-/m1/s1. The van der Waals surface area contributed by atoms with Gasteiger partial charge in [-0.2, -0.15) is 0 Å². The first-order valence-corrected chi connectivity index (χ1v) is 6.61. The molecule has 0 radical (unpaired) electrons. The van der Waals surface area contributed by atoms with Gasteiger partial charge in [0.15, 0.2) is 0 Å². The van der Waals surface area contributed by atoms with Gasteiger partial charge in [0, 0.05) is 31.3 Å². The van der Waals surface area contributed by atoms with Gasteiger partial charge in [0.05, 0.1) is 12.5 Å². The number of benzene rings is 1. The lowest BCUT2D eigenvalue weighted by atomic mass is 9.91. The highest BCUT2D eigenvalue weighted by atomic mass is 19.1. The smallest absolute Gasteiger partial charge is 0.226 e. The predicted molar refractivity (Wildman–Crippen MR) is 77.2 cm³/mol. The van der Waals surface area contributed by atoms with Crippen LogP contribution in [-0.4, -0.2) is 26.6 Å². The van der Waals surface area contributed by atoms with Crippen molar-refractivity contribution in [1.82, 2.24) is 10.6 Å². The van der Waals surface area contributed by atoms with Gasteiger partial charge in [-0.05, 0) is 26.8 Å². The molecule has 1 rings (SSSR count). The zero-order valence-electron chi connectivity index (χ0n) is 12.7. The molecule has 1 aromatic carbocycles. The van der Waals surface area contributed by atoms with Crippen molar-refractivity contribution >= 4 is 5.91 Å². The second-order valence-corrected chi connectivity index (χ2v) is 5.45. The number of ether oxygens (including phenoxy) is 1. The zero-order valence-corrected chi connectivity index (χ0v) is 12.7. The predicted octanol–water partition coefficient (Wildman–Crippen LogP) is 2.26. The molecule has 0 heterocycles. The van der Waals surface area contributed by atoms with Gasteiger partial charge in [0.25, 0.3) is 0 Å². The van der Waals surface area contributed by atoms with Crippen LogP contribution in [0.4, 0.5) is 4.39 Å². The number of rotatable bonds is 6. The van der Waals surface area contributed by atoms with Gasteiger partial charge in [-0.15, -0.1) is 0 Å². The summed E-state index contributed by atoms with van der Waals surface area (Å²) in [5, 5.41) is 5.82. The van der Waals surface area contributed by atoms with E-state index >= 15 is 0 Å². The van der Waals surface area contributed by atoms with Crippen LogP contribution >= 0.6 is 0 Å². The highest BCUT2D eigenvalue weighted by Crippen LogP contribution is 2.23. The van der Waals surface area contributed by atoms with E-state index in [-0.39, 0.29) is 17.8 Å². The lowest BCUT2D eigenvalue weighted by Gasteiger charge is -2.25. The van der Waals surface area contributed by atoms with E-state index < -0.39 is 5.41 Å². The first-order valence-electron chi connectivity index (χ1n) is 6.61. The molecule has 2 N–H and O–H groups in total. The Morgan fingerprint density at radius 3 is 2.60 bits per heavy atom. The molecule has 0 aliphatic heterocycles. The molecular weight excluding hydrogens is 259 g/mol. The molecule has 5 heteroatoms. The van der Waals surface area contributed by atoms with E-state index in [2.05, 4.69) is 10.6 Å². The summed E-state index contributed by atoms with van der Waals surface area (Å²) < 4.78 is 18.9. The van der Waals surface area contributed by atoms with Crippen LogP contribution in [0, 0.1) is 11.2 Å². The van der Waals surface area contributed by atoms with E-state index in [0.717, 1.165) is 0 Å². The first-order chi connectivity index (χ1) is 9.31. The Morgan fingerprint density at radius 1 is 1.45 bits per heavy atom. The average Bonchev–Trinajstić information content (AvgIpc) is 2.43. The molecule has 1 aromatic rings. The van der Waals surface area contributed by atoms with Crippen molar-refractivity contribution < 1.29 is 13.9 Å². The monoisotopic (exact) mass is 282 g/mol. The summed E-state index contributed by atoms with van der Waals surface area (Å²) >= 11 is 0. The topological polar surface area (TPSA) is 50.4 Å². The summed E-state index contributed by atoms with van der Waals surface area (Å²) in [6.07, 6.45) is 0. The molecule has 0 bridgehead atoms. The van der Waals surface area contributed by atoms with Crippen molar-refractivity contribution in [3.05, 3.63) is 29.6 Å². The molecule has 0 aliphatic rings. The highest BCUT2D eigenvalue weighted by Gasteiger charge is 2.27. The summed E-state index contributed by atoms with van der Waals surface area (Å²) in [5.41, 5.74) is 0.00453. The summed E-state index contributed by atoms with van der Waals surface area (Å²) in [7, 11) is 3.11. The minimum Gasteiger partial charge on any atom is -0.497 e. The van der Waals surface area contributed by atoms with Crippen LogP contribution in [0.15, 0.2) is 18.2 Å². The minimum absolute atomic E-state index is 0.0487. The molecule has 0 unspecified atom stereocenters. The molecule has 0 saturated heterocycles. The molecular formula is C15H23FN2O2. The van der Waals surface area contributed by atoms with Crippen LogP contribution in [-0.2, 0) is 4.79 Å². The Labute approximate surface area is 119 Å². The molecule has 20 heavy (non-hydrogen) atoms. The van der Waals surface area contributed by atoms with Crippen molar-refractivity contribution in [2.45, 2.75) is 26.8 Å². The third-order valence-electron chi connectivity index (χ3n) is 3.37. The zero-order chi connectivity index (χ0) is 15.3. The molecule has 0 spiro atoms. The maximum absolute atomic E-state index is 13.9. The van der Waals surface area contributed by atoms with Gasteiger partial charge in [-0.1, -0.05) is 6.07 Å². The molecule has 112 valence electrons. The molecule has 1 atom stereocenters. The van der Waals surface area contributed by atoms with Crippen LogP contribution in [0.5, 0.6) is 5.75 Å². The van der Waals surface area contributed by atoms with E-state index in [0.29, 0.717) is 17.9 Å². The van der Waals surface area contributed by atoms with Crippen molar-refractivity contribution in [3.8, 4) is 5.75 Å². The van der Waals surface area contributed by atoms with Gasteiger partial charge in [-0.25, -0.2) is 4.39 Å². The Kier molecular flexibility index (Phi) is 5.51. The summed E-state index contributed by atoms with van der Waals surface area (Å²) in [6, 6.07) is 4.58. The average molecular weight is 282 g/mol. The molecule has 1 amide bonds. The fourth-order valence-corrected chi connectivity index (χ4v) is 1.92. The second-order valence-electron chi connectivity index (χ2n) is 5.45. The Balaban J connectivity index is 2.72. The normalized spacial score (nSPS) is 12.9. The summed E-state index contributed by atoms with van der Waals surface area (Å²) in [5.74, 6) is 0.124. The molecule has 0 fully saturated rings. The Hall–Kier alpha value is -1.62. The van der Waals surface area contributed by atoms with Gasteiger partial charge in [0.2, 0.25) is 5.91 Å². The molecule has 4 nitrogen and oxygen atoms in total. The number of carbonyl (C=O) groups is 1. The number of carbonyl (C=O) groups excluding carboxylic acids is 1. The van der Waals surface area contributed by atoms with Crippen LogP contribution in [0.25, 0.3) is 0 Å². The maximum Gasteiger partial charge on any atom is 0.226 e. The highest BCUT2D eigenvalue weighted by molar-refractivity contribution is 5.81. The molecule has 0 aliphatic carbocycles. The van der Waals surface area contributed by atoms with Crippen LogP contribution < -0.4 is 15.4 Å². The second kappa shape index (κ2) is 6.70. The van der Waals surface area contributed by atoms with Crippen LogP contribution in [0.3, 0.4) is 0 Å². The number of halogens is 1. The first kappa shape index (κ1) is 16.4. The van der Waals surface area contributed by atoms with E-state index in [9.17, 15) is 9.18 Å². The lowest BCUT2D eigenvalue weighted by molar-refractivity contribution is -0.128. The van der Waals surface area contributed by atoms with Crippen molar-refractivity contribution in [1.29, 1.82) is 0 Å². The van der Waals surface area contributed by atoms with Crippen molar-refractivity contribution in [2.24, 2.45) is 5.41 Å². The van der Waals surface area contributed by atoms with Crippen molar-refractivity contribution in [3.63, 3.8) is 0 Å². The van der Waals surface area contributed by atoms with E-state index in [1.165, 1.54) is 13.2 Å². The SMILES string of the molecule is CNC(=O)C(C)(C)CN[C@H](C)c1ccc(OC)cc1F. The molecule has 0 aromatic heterocycles. The Bertz CT molecular complexity index is 475. The number of nitrogens with one attached hydrogen (secondary N) is 2. The quantitative estimate of drug-likeness (QED) is 0.841. The summed E-state index contributed by atoms with van der Waals surface area (Å²) in [6.45, 7) is 6.01. The number of hydrogen-bond donors (Lipinski definition) is 2. The van der Waals surface area contributed by atoms with Gasteiger partial charge in [0.1, 0.15) is 11.6 Å². The fraction of sp³-hybridized carbons (Fsp3) is 0.533.